The van der Waals surface area contributed by atoms with E-state index in [9.17, 15) is 4.79 Å². The molecule has 0 saturated heterocycles. The van der Waals surface area contributed by atoms with E-state index in [2.05, 4.69) is 5.32 Å². The zero-order valence-electron chi connectivity index (χ0n) is 12.9. The number of hydrogen-bond acceptors (Lipinski definition) is 2. The highest BCUT2D eigenvalue weighted by Crippen LogP contribution is 2.22. The molecule has 1 heterocycles. The van der Waals surface area contributed by atoms with Crippen molar-refractivity contribution < 1.29 is 9.21 Å². The van der Waals surface area contributed by atoms with Gasteiger partial charge in [0.1, 0.15) is 11.8 Å². The number of hydrogen-bond donors (Lipinski definition) is 1. The van der Waals surface area contributed by atoms with Crippen LogP contribution >= 0.6 is 11.6 Å². The molecule has 0 saturated carbocycles. The van der Waals surface area contributed by atoms with Crippen molar-refractivity contribution in [3.63, 3.8) is 0 Å². The van der Waals surface area contributed by atoms with Crippen LogP contribution in [0, 0.1) is 0 Å². The first-order chi connectivity index (χ1) is 11.7. The van der Waals surface area contributed by atoms with E-state index in [1.807, 2.05) is 48.5 Å². The molecule has 3 nitrogen and oxygen atoms in total. The third kappa shape index (κ3) is 4.15. The van der Waals surface area contributed by atoms with Crippen LogP contribution in [-0.2, 0) is 4.79 Å². The second kappa shape index (κ2) is 7.66. The molecule has 0 spiro atoms. The standard InChI is InChI=1S/C20H16ClNO2/c21-17-9-4-6-15(14-17)11-12-19(23)22-20(18-10-5-13-24-18)16-7-2-1-3-8-16/h1-14,20H,(H,22,23)/b12-11-/t20-/m0/s1. The molecule has 4 heteroatoms. The molecule has 2 aromatic carbocycles. The third-order valence-corrected chi connectivity index (χ3v) is 3.76. The second-order valence-electron chi connectivity index (χ2n) is 5.26. The Bertz CT molecular complexity index is 826. The Balaban J connectivity index is 1.77. The number of rotatable bonds is 5. The van der Waals surface area contributed by atoms with E-state index in [4.69, 9.17) is 16.0 Å². The molecule has 1 N–H and O–H groups in total. The minimum Gasteiger partial charge on any atom is -0.467 e. The number of benzene rings is 2. The van der Waals surface area contributed by atoms with Crippen LogP contribution in [0.25, 0.3) is 6.08 Å². The van der Waals surface area contributed by atoms with Crippen LogP contribution in [0.1, 0.15) is 22.9 Å². The van der Waals surface area contributed by atoms with E-state index in [1.165, 1.54) is 6.08 Å². The molecule has 1 aromatic heterocycles. The Kier molecular flexibility index (Phi) is 5.14. The van der Waals surface area contributed by atoms with Gasteiger partial charge in [-0.25, -0.2) is 0 Å². The van der Waals surface area contributed by atoms with E-state index in [0.29, 0.717) is 10.8 Å². The van der Waals surface area contributed by atoms with E-state index < -0.39 is 0 Å². The van der Waals surface area contributed by atoms with E-state index >= 15 is 0 Å². The summed E-state index contributed by atoms with van der Waals surface area (Å²) in [7, 11) is 0. The fraction of sp³-hybridized carbons (Fsp3) is 0.0500. The number of carbonyl (C=O) groups excluding carboxylic acids is 1. The predicted molar refractivity (Wildman–Crippen MR) is 95.6 cm³/mol. The first kappa shape index (κ1) is 16.1. The van der Waals surface area contributed by atoms with Crippen LogP contribution < -0.4 is 5.32 Å². The van der Waals surface area contributed by atoms with Gasteiger partial charge in [0.25, 0.3) is 0 Å². The highest BCUT2D eigenvalue weighted by molar-refractivity contribution is 6.30. The van der Waals surface area contributed by atoms with Crippen molar-refractivity contribution in [3.05, 3.63) is 101 Å². The lowest BCUT2D eigenvalue weighted by Crippen LogP contribution is -2.27. The molecular formula is C20H16ClNO2. The SMILES string of the molecule is O=C(/C=C\c1cccc(Cl)c1)N[C@@H](c1ccccc1)c1ccco1. The summed E-state index contributed by atoms with van der Waals surface area (Å²) in [6, 6.07) is 20.3. The van der Waals surface area contributed by atoms with Gasteiger partial charge >= 0.3 is 0 Å². The van der Waals surface area contributed by atoms with Crippen LogP contribution in [0.2, 0.25) is 5.02 Å². The maximum atomic E-state index is 12.3. The summed E-state index contributed by atoms with van der Waals surface area (Å²) in [4.78, 5) is 12.3. The van der Waals surface area contributed by atoms with Crippen molar-refractivity contribution in [2.24, 2.45) is 0 Å². The first-order valence-corrected chi connectivity index (χ1v) is 7.92. The van der Waals surface area contributed by atoms with Gasteiger partial charge in [-0.1, -0.05) is 54.1 Å². The normalized spacial score (nSPS) is 12.2. The van der Waals surface area contributed by atoms with Crippen LogP contribution in [-0.4, -0.2) is 5.91 Å². The summed E-state index contributed by atoms with van der Waals surface area (Å²) >= 11 is 5.95. The topological polar surface area (TPSA) is 42.2 Å². The Labute approximate surface area is 145 Å². The molecule has 0 aliphatic rings. The quantitative estimate of drug-likeness (QED) is 0.676. The minimum absolute atomic E-state index is 0.208. The van der Waals surface area contributed by atoms with Crippen molar-refractivity contribution in [3.8, 4) is 0 Å². The number of nitrogens with one attached hydrogen (secondary N) is 1. The van der Waals surface area contributed by atoms with Gasteiger partial charge in [0.05, 0.1) is 6.26 Å². The molecular weight excluding hydrogens is 322 g/mol. The summed E-state index contributed by atoms with van der Waals surface area (Å²) in [5.74, 6) is 0.478. The fourth-order valence-electron chi connectivity index (χ4n) is 2.39. The zero-order valence-corrected chi connectivity index (χ0v) is 13.6. The fourth-order valence-corrected chi connectivity index (χ4v) is 2.59. The first-order valence-electron chi connectivity index (χ1n) is 7.55. The van der Waals surface area contributed by atoms with Gasteiger partial charge in [0.15, 0.2) is 0 Å². The average molecular weight is 338 g/mol. The number of furan rings is 1. The Hall–Kier alpha value is -2.78. The van der Waals surface area contributed by atoms with Gasteiger partial charge in [0.2, 0.25) is 5.91 Å². The van der Waals surface area contributed by atoms with Gasteiger partial charge in [-0.15, -0.1) is 0 Å². The number of amides is 1. The molecule has 120 valence electrons. The molecule has 0 bridgehead atoms. The van der Waals surface area contributed by atoms with Gasteiger partial charge in [-0.3, -0.25) is 4.79 Å². The van der Waals surface area contributed by atoms with Crippen molar-refractivity contribution >= 4 is 23.6 Å². The monoisotopic (exact) mass is 337 g/mol. The summed E-state index contributed by atoms with van der Waals surface area (Å²) in [6.45, 7) is 0. The molecule has 3 aromatic rings. The molecule has 0 aliphatic heterocycles. The van der Waals surface area contributed by atoms with Crippen molar-refractivity contribution in [1.82, 2.24) is 5.32 Å². The number of halogens is 1. The van der Waals surface area contributed by atoms with E-state index in [0.717, 1.165) is 11.1 Å². The van der Waals surface area contributed by atoms with E-state index in [-0.39, 0.29) is 11.9 Å². The van der Waals surface area contributed by atoms with Crippen LogP contribution in [0.15, 0.2) is 83.5 Å². The highest BCUT2D eigenvalue weighted by atomic mass is 35.5. The average Bonchev–Trinajstić information content (AvgIpc) is 3.13. The Morgan fingerprint density at radius 3 is 2.58 bits per heavy atom. The molecule has 24 heavy (non-hydrogen) atoms. The minimum atomic E-state index is -0.335. The molecule has 1 atom stereocenters. The predicted octanol–water partition coefficient (Wildman–Crippen LogP) is 4.85. The highest BCUT2D eigenvalue weighted by Gasteiger charge is 2.17. The summed E-state index contributed by atoms with van der Waals surface area (Å²) in [5.41, 5.74) is 1.82. The van der Waals surface area contributed by atoms with Gasteiger partial charge in [0, 0.05) is 11.1 Å². The molecule has 0 unspecified atom stereocenters. The van der Waals surface area contributed by atoms with Gasteiger partial charge in [-0.05, 0) is 41.5 Å². The third-order valence-electron chi connectivity index (χ3n) is 3.52. The molecule has 3 rings (SSSR count). The number of carbonyl (C=O) groups is 1. The summed E-state index contributed by atoms with van der Waals surface area (Å²) < 4.78 is 5.47. The largest absolute Gasteiger partial charge is 0.467 e. The van der Waals surface area contributed by atoms with Gasteiger partial charge < -0.3 is 9.73 Å². The zero-order chi connectivity index (χ0) is 16.8. The maximum Gasteiger partial charge on any atom is 0.244 e. The summed E-state index contributed by atoms with van der Waals surface area (Å²) in [6.07, 6.45) is 4.81. The molecule has 0 radical (unpaired) electrons. The Morgan fingerprint density at radius 2 is 1.88 bits per heavy atom. The second-order valence-corrected chi connectivity index (χ2v) is 5.69. The smallest absolute Gasteiger partial charge is 0.244 e. The van der Waals surface area contributed by atoms with E-state index in [1.54, 1.807) is 30.5 Å². The lowest BCUT2D eigenvalue weighted by atomic mass is 10.0. The Morgan fingerprint density at radius 1 is 1.04 bits per heavy atom. The summed E-state index contributed by atoms with van der Waals surface area (Å²) in [5, 5.41) is 3.60. The van der Waals surface area contributed by atoms with Crippen molar-refractivity contribution in [1.29, 1.82) is 0 Å². The van der Waals surface area contributed by atoms with Crippen LogP contribution in [0.3, 0.4) is 0 Å². The van der Waals surface area contributed by atoms with Crippen molar-refractivity contribution in [2.75, 3.05) is 0 Å². The molecule has 1 amide bonds. The molecule has 0 aliphatic carbocycles. The lowest BCUT2D eigenvalue weighted by Gasteiger charge is -2.16. The maximum absolute atomic E-state index is 12.3. The van der Waals surface area contributed by atoms with Crippen LogP contribution in [0.5, 0.6) is 0 Å². The molecule has 0 fully saturated rings. The van der Waals surface area contributed by atoms with Crippen LogP contribution in [0.4, 0.5) is 0 Å². The van der Waals surface area contributed by atoms with Crippen molar-refractivity contribution in [2.45, 2.75) is 6.04 Å². The van der Waals surface area contributed by atoms with Gasteiger partial charge in [-0.2, -0.15) is 0 Å². The lowest BCUT2D eigenvalue weighted by molar-refractivity contribution is -0.117.